The normalized spacial score (nSPS) is 14.0. The van der Waals surface area contributed by atoms with Crippen LogP contribution < -0.4 is 4.43 Å². The van der Waals surface area contributed by atoms with E-state index in [4.69, 9.17) is 0 Å². The molecule has 0 fully saturated rings. The van der Waals surface area contributed by atoms with Gasteiger partial charge in [-0.3, -0.25) is 6.08 Å². The minimum Gasteiger partial charge on any atom is -0.269 e. The Morgan fingerprint density at radius 3 is 2.33 bits per heavy atom. The van der Waals surface area contributed by atoms with Crippen LogP contribution in [0, 0.1) is 13.0 Å². The number of aryl methyl sites for hydroxylation is 1. The molecule has 0 aromatic heterocycles. The van der Waals surface area contributed by atoms with Gasteiger partial charge in [0.1, 0.15) is 0 Å². The second-order valence-corrected chi connectivity index (χ2v) is 8.07. The summed E-state index contributed by atoms with van der Waals surface area (Å²) in [7, 11) is 0. The van der Waals surface area contributed by atoms with E-state index in [9.17, 15) is 0 Å². The molecule has 0 amide bonds. The Bertz CT molecular complexity index is 1040. The quantitative estimate of drug-likeness (QED) is 0.229. The smallest absolute Gasteiger partial charge is 0.259 e. The summed E-state index contributed by atoms with van der Waals surface area (Å²) in [6.45, 7) is 4.53. The molecule has 1 radical (unpaired) electrons. The summed E-state index contributed by atoms with van der Waals surface area (Å²) in [5.74, 6) is 0. The van der Waals surface area contributed by atoms with Gasteiger partial charge in [0.15, 0.2) is 0 Å². The van der Waals surface area contributed by atoms with Gasteiger partial charge in [-0.05, 0) is 35.2 Å². The third-order valence-electron chi connectivity index (χ3n) is 5.73. The van der Waals surface area contributed by atoms with E-state index in [2.05, 4.69) is 56.3 Å². The Morgan fingerprint density at radius 2 is 1.50 bits per heavy atom. The van der Waals surface area contributed by atoms with Gasteiger partial charge in [-0.15, -0.1) is 16.4 Å². The molecule has 0 heterocycles. The molecule has 0 aliphatic heterocycles. The Labute approximate surface area is 145 Å². The molecule has 3 aromatic rings. The average molecular weight is 556 g/mol. The van der Waals surface area contributed by atoms with Crippen molar-refractivity contribution in [3.63, 3.8) is 0 Å². The van der Waals surface area contributed by atoms with Gasteiger partial charge in [-0.2, -0.15) is 5.56 Å². The van der Waals surface area contributed by atoms with Crippen LogP contribution in [0.15, 0.2) is 36.4 Å². The largest absolute Gasteiger partial charge is 0.269 e. The number of fused-ring (bicyclic) bond motifs is 7. The van der Waals surface area contributed by atoms with Crippen LogP contribution in [0.4, 0.5) is 0 Å². The molecule has 119 valence electrons. The Hall–Kier alpha value is -2.81. The molecule has 5 rings (SSSR count). The van der Waals surface area contributed by atoms with Crippen LogP contribution in [0.2, 0.25) is 0 Å². The number of rotatable bonds is 0. The fraction of sp³-hybridized carbons (Fsp3) is 0.182. The van der Waals surface area contributed by atoms with E-state index in [1.165, 1.54) is 59.7 Å². The van der Waals surface area contributed by atoms with E-state index in [1.54, 1.807) is 0 Å². The number of benzene rings is 3. The van der Waals surface area contributed by atoms with Crippen LogP contribution in [0.3, 0.4) is 0 Å². The molecule has 0 saturated carbocycles. The van der Waals surface area contributed by atoms with Crippen LogP contribution in [-0.4, -0.2) is 16.3 Å². The molecule has 0 spiro atoms. The molecule has 0 nitrogen and oxygen atoms in total. The predicted molar refractivity (Wildman–Crippen MR) is 101 cm³/mol. The second kappa shape index (κ2) is 4.84. The zero-order valence-electron chi connectivity index (χ0n) is 14.2. The first kappa shape index (κ1) is 14.8. The summed E-state index contributed by atoms with van der Waals surface area (Å²) in [4.78, 5) is 0. The van der Waals surface area contributed by atoms with Crippen molar-refractivity contribution in [1.29, 1.82) is 0 Å². The number of allylic oxidation sites excluding steroid dienone is 2. The maximum Gasteiger partial charge on any atom is 0.259 e. The molecule has 2 heteroatoms. The van der Waals surface area contributed by atoms with Gasteiger partial charge in [0.2, 0.25) is 0 Å². The summed E-state index contributed by atoms with van der Waals surface area (Å²) < 4.78 is 1.52. The molecule has 24 heavy (non-hydrogen) atoms. The minimum atomic E-state index is 0. The molecule has 0 atom stereocenters. The second-order valence-electron chi connectivity index (χ2n) is 6.99. The third-order valence-corrected chi connectivity index (χ3v) is 6.81. The van der Waals surface area contributed by atoms with Crippen LogP contribution in [0.25, 0.3) is 27.5 Å². The van der Waals surface area contributed by atoms with E-state index >= 15 is 0 Å². The molecular formula is C22H18AlBk-. The van der Waals surface area contributed by atoms with Gasteiger partial charge >= 0.3 is 0 Å². The first-order valence-electron chi connectivity index (χ1n) is 8.40. The van der Waals surface area contributed by atoms with Crippen molar-refractivity contribution in [2.75, 3.05) is 0 Å². The van der Waals surface area contributed by atoms with E-state index in [-0.39, 0.29) is 0 Å². The maximum atomic E-state index is 3.54. The summed E-state index contributed by atoms with van der Waals surface area (Å²) in [6, 6.07) is 13.9. The van der Waals surface area contributed by atoms with Crippen molar-refractivity contribution in [3.05, 3.63) is 70.3 Å². The van der Waals surface area contributed by atoms with Gasteiger partial charge in [0.25, 0.3) is 16.3 Å². The van der Waals surface area contributed by atoms with Crippen LogP contribution in [0.5, 0.6) is 0 Å². The zero-order chi connectivity index (χ0) is 15.7. The van der Waals surface area contributed by atoms with E-state index in [0.29, 0.717) is 0 Å². The number of hydrogen-bond acceptors (Lipinski definition) is 0. The van der Waals surface area contributed by atoms with E-state index in [1.807, 2.05) is 0 Å². The predicted octanol–water partition coefficient (Wildman–Crippen LogP) is 3.74. The molecular weight excluding hydrogens is 538 g/mol. The monoisotopic (exact) mass is 556 g/mol. The minimum absolute atomic E-state index is 0. The molecule has 0 N–H and O–H groups in total. The zero-order valence-corrected chi connectivity index (χ0v) is 19.0. The van der Waals surface area contributed by atoms with E-state index < -0.39 is 0 Å². The van der Waals surface area contributed by atoms with Gasteiger partial charge in [0.05, 0.1) is 0 Å². The van der Waals surface area contributed by atoms with Crippen molar-refractivity contribution >= 4 is 37.1 Å². The van der Waals surface area contributed by atoms with Gasteiger partial charge in [-0.25, -0.2) is 5.57 Å². The molecule has 2 aliphatic carbocycles. The summed E-state index contributed by atoms with van der Waals surface area (Å²) in [5, 5.41) is 2.87. The Kier molecular flexibility index (Phi) is 2.98. The topological polar surface area (TPSA) is 0 Å². The van der Waals surface area contributed by atoms with Crippen LogP contribution >= 0.6 is 0 Å². The first-order chi connectivity index (χ1) is 11.1. The van der Waals surface area contributed by atoms with E-state index in [0.717, 1.165) is 29.1 Å². The van der Waals surface area contributed by atoms with Crippen molar-refractivity contribution in [3.8, 4) is 11.1 Å². The van der Waals surface area contributed by atoms with Crippen molar-refractivity contribution < 1.29 is 0 Å². The molecule has 0 unspecified atom stereocenters. The summed E-state index contributed by atoms with van der Waals surface area (Å²) in [5.41, 5.74) is 11.7. The summed E-state index contributed by atoms with van der Waals surface area (Å²) in [6.07, 6.45) is 5.59. The third kappa shape index (κ3) is 1.70. The first-order valence-corrected chi connectivity index (χ1v) is 9.40. The SMILES string of the molecule is CC1=[C-]Cc2ccc3c(c21)-c1c(ccc2cc[c]([AlH2])c(C)c12)C3.[Bk]. The van der Waals surface area contributed by atoms with Gasteiger partial charge in [-0.1, -0.05) is 60.0 Å². The number of hydrogen-bond donors (Lipinski definition) is 0. The fourth-order valence-electron chi connectivity index (χ4n) is 4.39. The molecule has 2 aliphatic rings. The Morgan fingerprint density at radius 1 is 0.833 bits per heavy atom. The summed E-state index contributed by atoms with van der Waals surface area (Å²) >= 11 is 1.11. The van der Waals surface area contributed by atoms with Crippen molar-refractivity contribution in [2.45, 2.75) is 26.7 Å². The maximum absolute atomic E-state index is 3.54. The Balaban J connectivity index is 0.00000146. The average Bonchev–Trinajstić information content (AvgIpc) is 3.11. The molecule has 3 aromatic carbocycles. The van der Waals surface area contributed by atoms with Crippen molar-refractivity contribution in [1.82, 2.24) is 0 Å². The van der Waals surface area contributed by atoms with Gasteiger partial charge in [0, 0.05) is 0 Å². The van der Waals surface area contributed by atoms with Crippen LogP contribution in [-0.2, 0) is 12.8 Å². The molecule has 0 saturated heterocycles. The van der Waals surface area contributed by atoms with Crippen LogP contribution in [0.1, 0.15) is 34.7 Å². The molecule has 0 bridgehead atoms. The fourth-order valence-corrected chi connectivity index (χ4v) is 4.81. The van der Waals surface area contributed by atoms with Crippen molar-refractivity contribution in [2.24, 2.45) is 0 Å². The standard InChI is InChI=1S/C22H16.Al.Bk.2H/c1-13-4-3-5-15-8-10-17-12-18-11-9-16-7-6-14(2)20(16)22(18)21(17)19(13)15;;;;/h3,5,8-11H,7,12H2,1-2H3;;;;/q-1;;;;. The van der Waals surface area contributed by atoms with Gasteiger partial charge < -0.3 is 0 Å².